The largest absolute Gasteiger partial charge is 0.390 e. The number of hydrogen-bond donors (Lipinski definition) is 1. The average molecular weight is 409 g/mol. The summed E-state index contributed by atoms with van der Waals surface area (Å²) in [4.78, 5) is 21.8. The van der Waals surface area contributed by atoms with Gasteiger partial charge in [0.05, 0.1) is 0 Å². The predicted molar refractivity (Wildman–Crippen MR) is 123 cm³/mol. The minimum Gasteiger partial charge on any atom is -0.390 e. The zero-order valence-electron chi connectivity index (χ0n) is 17.9. The molecule has 0 bridgehead atoms. The van der Waals surface area contributed by atoms with E-state index < -0.39 is 0 Å². The van der Waals surface area contributed by atoms with E-state index in [0.717, 1.165) is 62.7 Å². The predicted octanol–water partition coefficient (Wildman–Crippen LogP) is 3.24. The molecule has 0 aliphatic carbocycles. The Morgan fingerprint density at radius 2 is 2.07 bits per heavy atom. The highest BCUT2D eigenvalue weighted by molar-refractivity contribution is 5.99. The minimum atomic E-state index is 0.0393. The van der Waals surface area contributed by atoms with Crippen LogP contribution in [0.25, 0.3) is 0 Å². The zero-order chi connectivity index (χ0) is 21.5. The molecule has 1 aromatic rings. The van der Waals surface area contributed by atoms with Gasteiger partial charge in [-0.1, -0.05) is 56.1 Å². The smallest absolute Gasteiger partial charge is 0.227 e. The molecule has 0 saturated carbocycles. The van der Waals surface area contributed by atoms with Crippen LogP contribution in [-0.2, 0) is 22.5 Å². The van der Waals surface area contributed by atoms with Crippen LogP contribution in [0.4, 0.5) is 5.69 Å². The topological polar surface area (TPSA) is 57.2 Å². The zero-order valence-corrected chi connectivity index (χ0v) is 17.9. The third kappa shape index (κ3) is 5.39. The fourth-order valence-corrected chi connectivity index (χ4v) is 3.80. The summed E-state index contributed by atoms with van der Waals surface area (Å²) in [6.07, 6.45) is 5.20. The van der Waals surface area contributed by atoms with Crippen LogP contribution in [0.15, 0.2) is 60.8 Å². The molecule has 0 spiro atoms. The van der Waals surface area contributed by atoms with Gasteiger partial charge in [0.15, 0.2) is 5.84 Å². The van der Waals surface area contributed by atoms with Crippen molar-refractivity contribution in [3.8, 4) is 0 Å². The van der Waals surface area contributed by atoms with Gasteiger partial charge in [0.1, 0.15) is 6.61 Å². The molecule has 160 valence electrons. The first kappa shape index (κ1) is 21.8. The summed E-state index contributed by atoms with van der Waals surface area (Å²) < 4.78 is 0. The fourth-order valence-electron chi connectivity index (χ4n) is 3.80. The quantitative estimate of drug-likeness (QED) is 0.179. The number of piperazine rings is 1. The Balaban J connectivity index is 1.52. The summed E-state index contributed by atoms with van der Waals surface area (Å²) in [5.74, 6) is 0.903. The Kier molecular flexibility index (Phi) is 7.46. The maximum atomic E-state index is 11.8. The highest BCUT2D eigenvalue weighted by Crippen LogP contribution is 2.26. The van der Waals surface area contributed by atoms with E-state index in [1.807, 2.05) is 13.0 Å². The van der Waals surface area contributed by atoms with Crippen molar-refractivity contribution in [1.82, 2.24) is 9.80 Å². The second-order valence-corrected chi connectivity index (χ2v) is 7.89. The molecule has 1 saturated heterocycles. The molecule has 1 unspecified atom stereocenters. The number of benzene rings is 1. The Morgan fingerprint density at radius 3 is 2.77 bits per heavy atom. The summed E-state index contributed by atoms with van der Waals surface area (Å²) >= 11 is 0. The molecule has 3 rings (SSSR count). The van der Waals surface area contributed by atoms with Gasteiger partial charge >= 0.3 is 0 Å². The second kappa shape index (κ2) is 10.3. The number of nitrogens with zero attached hydrogens (tertiary/aromatic N) is 3. The summed E-state index contributed by atoms with van der Waals surface area (Å²) in [7, 11) is 0. The third-order valence-electron chi connectivity index (χ3n) is 5.67. The van der Waals surface area contributed by atoms with Crippen LogP contribution in [0.3, 0.4) is 0 Å². The number of amidine groups is 1. The number of amides is 1. The van der Waals surface area contributed by atoms with Crippen molar-refractivity contribution in [2.75, 3.05) is 44.6 Å². The molecule has 2 aliphatic rings. The van der Waals surface area contributed by atoms with Crippen LogP contribution in [-0.4, -0.2) is 60.9 Å². The SMILES string of the molecule is C=CCO/N=C(\C(=C)C=C)N1CCN(CCc2ccc3c(c2)CC(C)C(=O)N3)CC1. The van der Waals surface area contributed by atoms with Gasteiger partial charge < -0.3 is 15.1 Å². The molecule has 1 aromatic carbocycles. The number of nitrogens with one attached hydrogen (secondary N) is 1. The standard InChI is InChI=1S/C24H32N4O2/c1-5-15-30-26-23(18(3)6-2)28-13-11-27(12-14-28)10-9-20-7-8-22-21(17-20)16-19(4)24(29)25-22/h5-8,17,19H,1-3,9-16H2,4H3,(H,25,29)/b26-23+. The van der Waals surface area contributed by atoms with E-state index in [1.54, 1.807) is 12.2 Å². The molecule has 30 heavy (non-hydrogen) atoms. The lowest BCUT2D eigenvalue weighted by atomic mass is 9.93. The Bertz CT molecular complexity index is 838. The molecule has 6 nitrogen and oxygen atoms in total. The first-order valence-electron chi connectivity index (χ1n) is 10.5. The van der Waals surface area contributed by atoms with E-state index in [0.29, 0.717) is 6.61 Å². The van der Waals surface area contributed by atoms with Crippen molar-refractivity contribution in [2.45, 2.75) is 19.8 Å². The molecule has 1 amide bonds. The molecule has 1 N–H and O–H groups in total. The van der Waals surface area contributed by atoms with Gasteiger partial charge in [-0.2, -0.15) is 0 Å². The van der Waals surface area contributed by atoms with E-state index in [-0.39, 0.29) is 11.8 Å². The minimum absolute atomic E-state index is 0.0393. The van der Waals surface area contributed by atoms with Gasteiger partial charge in [-0.25, -0.2) is 0 Å². The molecule has 0 radical (unpaired) electrons. The summed E-state index contributed by atoms with van der Waals surface area (Å²) in [6.45, 7) is 18.5. The van der Waals surface area contributed by atoms with Crippen molar-refractivity contribution in [3.05, 3.63) is 66.8 Å². The van der Waals surface area contributed by atoms with Gasteiger partial charge in [0.2, 0.25) is 5.91 Å². The van der Waals surface area contributed by atoms with E-state index in [2.05, 4.69) is 52.1 Å². The number of carbonyl (C=O) groups excluding carboxylic acids is 1. The summed E-state index contributed by atoms with van der Waals surface area (Å²) in [6, 6.07) is 6.41. The van der Waals surface area contributed by atoms with Crippen LogP contribution in [0.5, 0.6) is 0 Å². The van der Waals surface area contributed by atoms with Crippen LogP contribution < -0.4 is 5.32 Å². The lowest BCUT2D eigenvalue weighted by Crippen LogP contribution is -2.49. The van der Waals surface area contributed by atoms with E-state index in [9.17, 15) is 4.79 Å². The molecule has 1 atom stereocenters. The third-order valence-corrected chi connectivity index (χ3v) is 5.67. The summed E-state index contributed by atoms with van der Waals surface area (Å²) in [5.41, 5.74) is 4.29. The van der Waals surface area contributed by atoms with Gasteiger partial charge in [-0.15, -0.1) is 0 Å². The first-order valence-corrected chi connectivity index (χ1v) is 10.5. The number of anilines is 1. The number of rotatable bonds is 8. The van der Waals surface area contributed by atoms with Crippen LogP contribution in [0.1, 0.15) is 18.1 Å². The maximum Gasteiger partial charge on any atom is 0.227 e. The average Bonchev–Trinajstić information content (AvgIpc) is 2.76. The monoisotopic (exact) mass is 408 g/mol. The Morgan fingerprint density at radius 1 is 1.30 bits per heavy atom. The summed E-state index contributed by atoms with van der Waals surface area (Å²) in [5, 5.41) is 7.22. The number of carbonyl (C=O) groups is 1. The van der Waals surface area contributed by atoms with Crippen LogP contribution >= 0.6 is 0 Å². The molecular weight excluding hydrogens is 376 g/mol. The van der Waals surface area contributed by atoms with Gasteiger partial charge in [-0.3, -0.25) is 9.69 Å². The lowest BCUT2D eigenvalue weighted by Gasteiger charge is -2.36. The van der Waals surface area contributed by atoms with Crippen LogP contribution in [0, 0.1) is 5.92 Å². The van der Waals surface area contributed by atoms with Crippen molar-refractivity contribution < 1.29 is 9.63 Å². The molecule has 0 aromatic heterocycles. The highest BCUT2D eigenvalue weighted by atomic mass is 16.6. The van der Waals surface area contributed by atoms with Crippen molar-refractivity contribution in [1.29, 1.82) is 0 Å². The fraction of sp³-hybridized carbons (Fsp3) is 0.417. The van der Waals surface area contributed by atoms with Gasteiger partial charge in [0, 0.05) is 49.9 Å². The molecule has 6 heteroatoms. The number of fused-ring (bicyclic) bond motifs is 1. The van der Waals surface area contributed by atoms with E-state index in [1.165, 1.54) is 11.1 Å². The van der Waals surface area contributed by atoms with E-state index in [4.69, 9.17) is 4.84 Å². The molecule has 1 fully saturated rings. The number of oxime groups is 1. The molecule has 2 aliphatic heterocycles. The van der Waals surface area contributed by atoms with Gasteiger partial charge in [0.25, 0.3) is 0 Å². The second-order valence-electron chi connectivity index (χ2n) is 7.89. The lowest BCUT2D eigenvalue weighted by molar-refractivity contribution is -0.119. The first-order chi connectivity index (χ1) is 14.5. The Hall–Kier alpha value is -2.86. The Labute approximate surface area is 179 Å². The number of hydrogen-bond acceptors (Lipinski definition) is 4. The van der Waals surface area contributed by atoms with Crippen LogP contribution in [0.2, 0.25) is 0 Å². The van der Waals surface area contributed by atoms with Gasteiger partial charge in [-0.05, 0) is 30.0 Å². The highest BCUT2D eigenvalue weighted by Gasteiger charge is 2.23. The van der Waals surface area contributed by atoms with Crippen molar-refractivity contribution in [3.63, 3.8) is 0 Å². The van der Waals surface area contributed by atoms with Crippen molar-refractivity contribution in [2.24, 2.45) is 11.1 Å². The normalized spacial score (nSPS) is 19.6. The van der Waals surface area contributed by atoms with E-state index >= 15 is 0 Å². The van der Waals surface area contributed by atoms with Crippen molar-refractivity contribution >= 4 is 17.4 Å². The molecular formula is C24H32N4O2. The maximum absolute atomic E-state index is 11.8. The molecule has 2 heterocycles.